The molecule has 0 unspecified atom stereocenters. The summed E-state index contributed by atoms with van der Waals surface area (Å²) in [6.07, 6.45) is 2.59. The number of benzene rings is 1. The lowest BCUT2D eigenvalue weighted by Crippen LogP contribution is -2.17. The number of hydrogen-bond acceptors (Lipinski definition) is 1. The van der Waals surface area contributed by atoms with Crippen LogP contribution in [0.15, 0.2) is 18.2 Å². The molecule has 3 heteroatoms. The van der Waals surface area contributed by atoms with Crippen molar-refractivity contribution in [3.05, 3.63) is 29.0 Å². The lowest BCUT2D eigenvalue weighted by atomic mass is 10.2. The zero-order valence-corrected chi connectivity index (χ0v) is 8.81. The van der Waals surface area contributed by atoms with Crippen molar-refractivity contribution >= 4 is 17.3 Å². The Kier molecular flexibility index (Phi) is 2.64. The summed E-state index contributed by atoms with van der Waals surface area (Å²) in [6.45, 7) is 2.15. The Morgan fingerprint density at radius 2 is 2.21 bits per heavy atom. The van der Waals surface area contributed by atoms with Crippen LogP contribution in [0.2, 0.25) is 5.02 Å². The van der Waals surface area contributed by atoms with Crippen LogP contribution in [-0.2, 0) is 0 Å². The standard InChI is InChI=1S/C11H13ClFN/c1-7(8-2-3-8)14-9-4-5-11(13)10(12)6-9/h4-8,14H,2-3H2,1H3/t7-/m1/s1. The van der Waals surface area contributed by atoms with Crippen molar-refractivity contribution in [2.45, 2.75) is 25.8 Å². The Hall–Kier alpha value is -0.760. The van der Waals surface area contributed by atoms with Gasteiger partial charge in [-0.25, -0.2) is 4.39 Å². The van der Waals surface area contributed by atoms with E-state index in [9.17, 15) is 4.39 Å². The minimum atomic E-state index is -0.365. The van der Waals surface area contributed by atoms with Gasteiger partial charge in [0.25, 0.3) is 0 Å². The molecule has 1 aliphatic rings. The van der Waals surface area contributed by atoms with Gasteiger partial charge in [0.15, 0.2) is 0 Å². The molecule has 1 nitrogen and oxygen atoms in total. The minimum absolute atomic E-state index is 0.179. The first-order valence-electron chi connectivity index (χ1n) is 4.88. The fourth-order valence-corrected chi connectivity index (χ4v) is 1.74. The maximum Gasteiger partial charge on any atom is 0.141 e. The highest BCUT2D eigenvalue weighted by molar-refractivity contribution is 6.31. The zero-order chi connectivity index (χ0) is 10.1. The molecule has 1 aliphatic carbocycles. The first-order valence-corrected chi connectivity index (χ1v) is 5.26. The lowest BCUT2D eigenvalue weighted by molar-refractivity contribution is 0.628. The average molecular weight is 214 g/mol. The molecule has 0 saturated heterocycles. The number of anilines is 1. The molecule has 76 valence electrons. The van der Waals surface area contributed by atoms with Gasteiger partial charge in [0, 0.05) is 11.7 Å². The SMILES string of the molecule is C[C@@H](Nc1ccc(F)c(Cl)c1)C1CC1. The summed E-state index contributed by atoms with van der Waals surface area (Å²) in [7, 11) is 0. The zero-order valence-electron chi connectivity index (χ0n) is 8.06. The maximum atomic E-state index is 12.8. The Bertz CT molecular complexity index is 336. The minimum Gasteiger partial charge on any atom is -0.382 e. The number of nitrogens with one attached hydrogen (secondary N) is 1. The lowest BCUT2D eigenvalue weighted by Gasteiger charge is -2.14. The van der Waals surface area contributed by atoms with Crippen LogP contribution < -0.4 is 5.32 Å². The van der Waals surface area contributed by atoms with Crippen LogP contribution in [0, 0.1) is 11.7 Å². The molecule has 1 N–H and O–H groups in total. The summed E-state index contributed by atoms with van der Waals surface area (Å²) in [5, 5.41) is 3.50. The third-order valence-corrected chi connectivity index (χ3v) is 2.93. The van der Waals surface area contributed by atoms with Crippen molar-refractivity contribution in [3.8, 4) is 0 Å². The second-order valence-electron chi connectivity index (χ2n) is 3.90. The van der Waals surface area contributed by atoms with Crippen molar-refractivity contribution in [3.63, 3.8) is 0 Å². The molecule has 0 amide bonds. The first kappa shape index (κ1) is 9.78. The van der Waals surface area contributed by atoms with E-state index in [1.54, 1.807) is 12.1 Å². The van der Waals surface area contributed by atoms with Gasteiger partial charge in [0.2, 0.25) is 0 Å². The van der Waals surface area contributed by atoms with Gasteiger partial charge >= 0.3 is 0 Å². The normalized spacial score (nSPS) is 17.9. The number of hydrogen-bond donors (Lipinski definition) is 1. The molecule has 1 atom stereocenters. The predicted octanol–water partition coefficient (Wildman–Crippen LogP) is 3.69. The van der Waals surface area contributed by atoms with E-state index in [0.29, 0.717) is 6.04 Å². The monoisotopic (exact) mass is 213 g/mol. The van der Waals surface area contributed by atoms with E-state index in [-0.39, 0.29) is 10.8 Å². The van der Waals surface area contributed by atoms with E-state index in [4.69, 9.17) is 11.6 Å². The fourth-order valence-electron chi connectivity index (χ4n) is 1.56. The van der Waals surface area contributed by atoms with Gasteiger partial charge in [-0.15, -0.1) is 0 Å². The molecule has 0 bridgehead atoms. The first-order chi connectivity index (χ1) is 6.66. The molecule has 1 aromatic rings. The molecule has 1 aromatic carbocycles. The highest BCUT2D eigenvalue weighted by atomic mass is 35.5. The van der Waals surface area contributed by atoms with E-state index < -0.39 is 0 Å². The molecular weight excluding hydrogens is 201 g/mol. The average Bonchev–Trinajstić information content (AvgIpc) is 2.94. The van der Waals surface area contributed by atoms with Gasteiger partial charge in [0.1, 0.15) is 5.82 Å². The maximum absolute atomic E-state index is 12.8. The van der Waals surface area contributed by atoms with Gasteiger partial charge in [0.05, 0.1) is 5.02 Å². The van der Waals surface area contributed by atoms with Crippen LogP contribution in [0.25, 0.3) is 0 Å². The molecule has 1 saturated carbocycles. The van der Waals surface area contributed by atoms with Crippen LogP contribution in [0.1, 0.15) is 19.8 Å². The second kappa shape index (κ2) is 3.77. The molecule has 0 radical (unpaired) electrons. The summed E-state index contributed by atoms with van der Waals surface area (Å²) < 4.78 is 12.8. The van der Waals surface area contributed by atoms with Crippen molar-refractivity contribution in [1.82, 2.24) is 0 Å². The predicted molar refractivity (Wildman–Crippen MR) is 57.2 cm³/mol. The van der Waals surface area contributed by atoms with E-state index in [2.05, 4.69) is 12.2 Å². The summed E-state index contributed by atoms with van der Waals surface area (Å²) in [6, 6.07) is 5.21. The Labute approximate surface area is 88.3 Å². The van der Waals surface area contributed by atoms with Crippen molar-refractivity contribution in [2.24, 2.45) is 5.92 Å². The Morgan fingerprint density at radius 3 is 2.79 bits per heavy atom. The van der Waals surface area contributed by atoms with Crippen LogP contribution in [0.4, 0.5) is 10.1 Å². The van der Waals surface area contributed by atoms with Gasteiger partial charge < -0.3 is 5.32 Å². The largest absolute Gasteiger partial charge is 0.382 e. The van der Waals surface area contributed by atoms with Gasteiger partial charge in [-0.1, -0.05) is 11.6 Å². The summed E-state index contributed by atoms with van der Waals surface area (Å²) in [5.74, 6) is 0.412. The molecular formula is C11H13ClFN. The molecule has 0 spiro atoms. The molecule has 0 heterocycles. The molecule has 14 heavy (non-hydrogen) atoms. The fraction of sp³-hybridized carbons (Fsp3) is 0.455. The van der Waals surface area contributed by atoms with Crippen LogP contribution in [0.3, 0.4) is 0 Å². The summed E-state index contributed by atoms with van der Waals surface area (Å²) >= 11 is 5.68. The van der Waals surface area contributed by atoms with Crippen LogP contribution in [0.5, 0.6) is 0 Å². The van der Waals surface area contributed by atoms with E-state index in [0.717, 1.165) is 11.6 Å². The van der Waals surface area contributed by atoms with Gasteiger partial charge in [-0.3, -0.25) is 0 Å². The van der Waals surface area contributed by atoms with Gasteiger partial charge in [-0.05, 0) is 43.9 Å². The van der Waals surface area contributed by atoms with Crippen molar-refractivity contribution < 1.29 is 4.39 Å². The van der Waals surface area contributed by atoms with E-state index in [1.807, 2.05) is 0 Å². The van der Waals surface area contributed by atoms with Crippen LogP contribution >= 0.6 is 11.6 Å². The quantitative estimate of drug-likeness (QED) is 0.808. The van der Waals surface area contributed by atoms with E-state index >= 15 is 0 Å². The third kappa shape index (κ3) is 2.18. The molecule has 1 fully saturated rings. The highest BCUT2D eigenvalue weighted by Crippen LogP contribution is 2.34. The summed E-state index contributed by atoms with van der Waals surface area (Å²) in [5.41, 5.74) is 0.899. The third-order valence-electron chi connectivity index (χ3n) is 2.64. The molecule has 0 aromatic heterocycles. The van der Waals surface area contributed by atoms with Crippen LogP contribution in [-0.4, -0.2) is 6.04 Å². The van der Waals surface area contributed by atoms with Crippen molar-refractivity contribution in [1.29, 1.82) is 0 Å². The number of halogens is 2. The number of rotatable bonds is 3. The smallest absolute Gasteiger partial charge is 0.141 e. The van der Waals surface area contributed by atoms with Crippen molar-refractivity contribution in [2.75, 3.05) is 5.32 Å². The Balaban J connectivity index is 2.04. The second-order valence-corrected chi connectivity index (χ2v) is 4.31. The van der Waals surface area contributed by atoms with Gasteiger partial charge in [-0.2, -0.15) is 0 Å². The summed E-state index contributed by atoms with van der Waals surface area (Å²) in [4.78, 5) is 0. The highest BCUT2D eigenvalue weighted by Gasteiger charge is 2.27. The molecule has 0 aliphatic heterocycles. The topological polar surface area (TPSA) is 12.0 Å². The van der Waals surface area contributed by atoms with E-state index in [1.165, 1.54) is 18.9 Å². The molecule has 2 rings (SSSR count). The Morgan fingerprint density at radius 1 is 1.50 bits per heavy atom.